The van der Waals surface area contributed by atoms with Gasteiger partial charge >= 0.3 is 0 Å². The number of nitrogens with one attached hydrogen (secondary N) is 2. The number of methoxy groups -OCH3 is 1. The van der Waals surface area contributed by atoms with Crippen LogP contribution in [0.5, 0.6) is 5.75 Å². The maximum Gasteiger partial charge on any atom is 0.272 e. The second kappa shape index (κ2) is 10.2. The molecule has 3 aromatic carbocycles. The lowest BCUT2D eigenvalue weighted by atomic mass is 10.1. The molecule has 2 N–H and O–H groups in total. The van der Waals surface area contributed by atoms with Crippen molar-refractivity contribution in [3.63, 3.8) is 0 Å². The summed E-state index contributed by atoms with van der Waals surface area (Å²) in [5, 5.41) is 5.52. The van der Waals surface area contributed by atoms with E-state index in [-0.39, 0.29) is 5.70 Å². The van der Waals surface area contributed by atoms with Crippen molar-refractivity contribution < 1.29 is 14.3 Å². The number of amides is 2. The molecule has 0 fully saturated rings. The molecule has 0 aliphatic carbocycles. The van der Waals surface area contributed by atoms with Crippen molar-refractivity contribution in [1.82, 2.24) is 5.32 Å². The second-order valence-corrected chi connectivity index (χ2v) is 8.08. The molecule has 152 valence electrons. The minimum atomic E-state index is -0.429. The maximum absolute atomic E-state index is 12.9. The van der Waals surface area contributed by atoms with Gasteiger partial charge in [0, 0.05) is 20.2 Å². The largest absolute Gasteiger partial charge is 0.497 e. The Morgan fingerprint density at radius 2 is 1.40 bits per heavy atom. The van der Waals surface area contributed by atoms with E-state index in [0.717, 1.165) is 14.5 Å². The fraction of sp³-hybridized carbons (Fsp3) is 0.0435. The van der Waals surface area contributed by atoms with Crippen LogP contribution < -0.4 is 15.4 Å². The van der Waals surface area contributed by atoms with Crippen LogP contribution in [-0.2, 0) is 4.79 Å². The average Bonchev–Trinajstić information content (AvgIpc) is 2.76. The number of carbonyl (C=O) groups is 2. The summed E-state index contributed by atoms with van der Waals surface area (Å²) in [5.74, 6) is -0.181. The molecule has 0 aromatic heterocycles. The zero-order valence-electron chi connectivity index (χ0n) is 16.0. The standard InChI is InChI=1S/C23H18Br2N2O3/c1-30-20-12-4-16(5-13-20)22(28)27-21(14-15-2-6-17(24)7-3-15)23(29)26-19-10-8-18(25)9-11-19/h2-14H,1H3,(H,26,29)(H,27,28). The van der Waals surface area contributed by atoms with Gasteiger partial charge < -0.3 is 15.4 Å². The molecule has 5 nitrogen and oxygen atoms in total. The van der Waals surface area contributed by atoms with E-state index in [9.17, 15) is 9.59 Å². The molecule has 2 amide bonds. The second-order valence-electron chi connectivity index (χ2n) is 6.25. The first-order valence-electron chi connectivity index (χ1n) is 8.94. The smallest absolute Gasteiger partial charge is 0.272 e. The van der Waals surface area contributed by atoms with Gasteiger partial charge in [-0.05, 0) is 72.3 Å². The Morgan fingerprint density at radius 3 is 1.97 bits per heavy atom. The lowest BCUT2D eigenvalue weighted by molar-refractivity contribution is -0.113. The van der Waals surface area contributed by atoms with Gasteiger partial charge in [0.1, 0.15) is 11.4 Å². The van der Waals surface area contributed by atoms with Crippen LogP contribution in [0.4, 0.5) is 5.69 Å². The van der Waals surface area contributed by atoms with Gasteiger partial charge in [-0.1, -0.05) is 44.0 Å². The SMILES string of the molecule is COc1ccc(C(=O)NC(=Cc2ccc(Br)cc2)C(=O)Nc2ccc(Br)cc2)cc1. The number of hydrogen-bond donors (Lipinski definition) is 2. The quantitative estimate of drug-likeness (QED) is 0.407. The molecule has 0 aliphatic rings. The molecule has 0 aliphatic heterocycles. The molecular formula is C23H18Br2N2O3. The van der Waals surface area contributed by atoms with Gasteiger partial charge in [-0.25, -0.2) is 0 Å². The lowest BCUT2D eigenvalue weighted by Gasteiger charge is -2.12. The van der Waals surface area contributed by atoms with Crippen LogP contribution >= 0.6 is 31.9 Å². The maximum atomic E-state index is 12.9. The Morgan fingerprint density at radius 1 is 0.833 bits per heavy atom. The number of carbonyl (C=O) groups excluding carboxylic acids is 2. The normalized spacial score (nSPS) is 11.0. The van der Waals surface area contributed by atoms with Crippen molar-refractivity contribution in [2.75, 3.05) is 12.4 Å². The number of halogens is 2. The molecule has 0 radical (unpaired) electrons. The molecule has 0 saturated heterocycles. The van der Waals surface area contributed by atoms with Crippen LogP contribution in [0.2, 0.25) is 0 Å². The lowest BCUT2D eigenvalue weighted by Crippen LogP contribution is -2.30. The van der Waals surface area contributed by atoms with Crippen LogP contribution in [0, 0.1) is 0 Å². The van der Waals surface area contributed by atoms with E-state index in [1.807, 2.05) is 36.4 Å². The molecule has 0 heterocycles. The molecular weight excluding hydrogens is 512 g/mol. The van der Waals surface area contributed by atoms with Crippen molar-refractivity contribution in [2.24, 2.45) is 0 Å². The highest BCUT2D eigenvalue weighted by Gasteiger charge is 2.15. The predicted octanol–water partition coefficient (Wildman–Crippen LogP) is 5.63. The number of anilines is 1. The van der Waals surface area contributed by atoms with Gasteiger partial charge in [0.15, 0.2) is 0 Å². The highest BCUT2D eigenvalue weighted by atomic mass is 79.9. The zero-order valence-corrected chi connectivity index (χ0v) is 19.2. The summed E-state index contributed by atoms with van der Waals surface area (Å²) in [6, 6.07) is 21.2. The summed E-state index contributed by atoms with van der Waals surface area (Å²) in [6.07, 6.45) is 1.63. The van der Waals surface area contributed by atoms with Gasteiger partial charge in [-0.15, -0.1) is 0 Å². The van der Waals surface area contributed by atoms with Crippen LogP contribution in [0.1, 0.15) is 15.9 Å². The molecule has 0 atom stereocenters. The first-order chi connectivity index (χ1) is 14.4. The molecule has 0 saturated carbocycles. The van der Waals surface area contributed by atoms with Gasteiger partial charge in [0.2, 0.25) is 0 Å². The molecule has 0 unspecified atom stereocenters. The Hall–Kier alpha value is -2.90. The molecule has 0 bridgehead atoms. The van der Waals surface area contributed by atoms with E-state index in [4.69, 9.17) is 4.74 Å². The number of benzene rings is 3. The van der Waals surface area contributed by atoms with E-state index in [1.54, 1.807) is 49.6 Å². The summed E-state index contributed by atoms with van der Waals surface area (Å²) in [5.41, 5.74) is 1.92. The topological polar surface area (TPSA) is 67.4 Å². The minimum Gasteiger partial charge on any atom is -0.497 e. The van der Waals surface area contributed by atoms with E-state index in [2.05, 4.69) is 42.5 Å². The summed E-state index contributed by atoms with van der Waals surface area (Å²) in [6.45, 7) is 0. The van der Waals surface area contributed by atoms with Crippen molar-refractivity contribution in [3.8, 4) is 5.75 Å². The fourth-order valence-electron chi connectivity index (χ4n) is 2.55. The summed E-state index contributed by atoms with van der Waals surface area (Å²) < 4.78 is 6.94. The zero-order chi connectivity index (χ0) is 21.5. The average molecular weight is 530 g/mol. The molecule has 3 rings (SSSR count). The van der Waals surface area contributed by atoms with Crippen molar-refractivity contribution in [1.29, 1.82) is 0 Å². The minimum absolute atomic E-state index is 0.126. The molecule has 7 heteroatoms. The van der Waals surface area contributed by atoms with E-state index in [0.29, 0.717) is 17.0 Å². The van der Waals surface area contributed by atoms with Gasteiger partial charge in [-0.3, -0.25) is 9.59 Å². The highest BCUT2D eigenvalue weighted by molar-refractivity contribution is 9.10. The first-order valence-corrected chi connectivity index (χ1v) is 10.5. The van der Waals surface area contributed by atoms with Crippen molar-refractivity contribution >= 4 is 55.4 Å². The number of rotatable bonds is 6. The Kier molecular flexibility index (Phi) is 7.43. The Labute approximate surface area is 191 Å². The predicted molar refractivity (Wildman–Crippen MR) is 125 cm³/mol. The third kappa shape index (κ3) is 6.05. The fourth-order valence-corrected chi connectivity index (χ4v) is 3.08. The highest BCUT2D eigenvalue weighted by Crippen LogP contribution is 2.17. The van der Waals surface area contributed by atoms with Gasteiger partial charge in [0.25, 0.3) is 11.8 Å². The Bertz CT molecular complexity index is 1060. The van der Waals surface area contributed by atoms with Crippen LogP contribution in [0.15, 0.2) is 87.4 Å². The third-order valence-corrected chi connectivity index (χ3v) is 5.19. The monoisotopic (exact) mass is 528 g/mol. The van der Waals surface area contributed by atoms with Gasteiger partial charge in [0.05, 0.1) is 7.11 Å². The third-order valence-electron chi connectivity index (χ3n) is 4.13. The summed E-state index contributed by atoms with van der Waals surface area (Å²) >= 11 is 6.76. The summed E-state index contributed by atoms with van der Waals surface area (Å²) in [4.78, 5) is 25.6. The van der Waals surface area contributed by atoms with Crippen molar-refractivity contribution in [3.05, 3.63) is 98.6 Å². The summed E-state index contributed by atoms with van der Waals surface area (Å²) in [7, 11) is 1.56. The number of hydrogen-bond acceptors (Lipinski definition) is 3. The van der Waals surface area contributed by atoms with Crippen LogP contribution in [0.25, 0.3) is 6.08 Å². The van der Waals surface area contributed by atoms with Gasteiger partial charge in [-0.2, -0.15) is 0 Å². The molecule has 30 heavy (non-hydrogen) atoms. The van der Waals surface area contributed by atoms with Crippen molar-refractivity contribution in [2.45, 2.75) is 0 Å². The molecule has 3 aromatic rings. The van der Waals surface area contributed by atoms with E-state index >= 15 is 0 Å². The molecule has 0 spiro atoms. The Balaban J connectivity index is 1.85. The van der Waals surface area contributed by atoms with Crippen LogP contribution in [0.3, 0.4) is 0 Å². The first kappa shape index (κ1) is 21.8. The van der Waals surface area contributed by atoms with Crippen LogP contribution in [-0.4, -0.2) is 18.9 Å². The van der Waals surface area contributed by atoms with E-state index < -0.39 is 11.8 Å². The number of ether oxygens (including phenoxy) is 1. The van der Waals surface area contributed by atoms with E-state index in [1.165, 1.54) is 0 Å².